The van der Waals surface area contributed by atoms with Crippen molar-refractivity contribution in [1.82, 2.24) is 19.7 Å². The third-order valence-electron chi connectivity index (χ3n) is 6.02. The van der Waals surface area contributed by atoms with Crippen LogP contribution in [0.15, 0.2) is 84.3 Å². The van der Waals surface area contributed by atoms with E-state index in [4.69, 9.17) is 0 Å². The molecule has 0 spiro atoms. The van der Waals surface area contributed by atoms with E-state index in [1.807, 2.05) is 65.2 Å². The number of hydrogen-bond donors (Lipinski definition) is 1. The smallest absolute Gasteiger partial charge is 0.234 e. The third-order valence-corrected chi connectivity index (χ3v) is 6.95. The number of thioether (sulfide) groups is 1. The first-order valence-corrected chi connectivity index (χ1v) is 13.0. The molecule has 35 heavy (non-hydrogen) atoms. The van der Waals surface area contributed by atoms with Gasteiger partial charge in [0.2, 0.25) is 5.91 Å². The summed E-state index contributed by atoms with van der Waals surface area (Å²) in [4.78, 5) is 19.6. The minimum Gasteiger partial charge on any atom is -0.370 e. The van der Waals surface area contributed by atoms with Crippen molar-refractivity contribution in [2.24, 2.45) is 0 Å². The molecular weight excluding hydrogens is 456 g/mol. The molecule has 0 aliphatic carbocycles. The lowest BCUT2D eigenvalue weighted by Gasteiger charge is -2.25. The summed E-state index contributed by atoms with van der Waals surface area (Å²) < 4.78 is 1.97. The second-order valence-electron chi connectivity index (χ2n) is 8.47. The Kier molecular flexibility index (Phi) is 7.38. The van der Waals surface area contributed by atoms with Gasteiger partial charge in [0, 0.05) is 36.7 Å². The minimum absolute atomic E-state index is 0.0668. The Labute approximate surface area is 209 Å². The number of benzene rings is 2. The summed E-state index contributed by atoms with van der Waals surface area (Å²) in [6.45, 7) is 2.05. The second kappa shape index (κ2) is 11.2. The van der Waals surface area contributed by atoms with Crippen LogP contribution in [0.1, 0.15) is 25.7 Å². The van der Waals surface area contributed by atoms with Crippen LogP contribution in [0, 0.1) is 0 Å². The molecule has 1 amide bonds. The molecule has 2 aromatic carbocycles. The number of nitrogens with zero attached hydrogens (tertiary/aromatic N) is 5. The predicted octanol–water partition coefficient (Wildman–Crippen LogP) is 5.44. The molecule has 7 nitrogen and oxygen atoms in total. The Morgan fingerprint density at radius 2 is 1.66 bits per heavy atom. The molecule has 178 valence electrons. The second-order valence-corrected chi connectivity index (χ2v) is 9.42. The van der Waals surface area contributed by atoms with Crippen molar-refractivity contribution in [2.45, 2.75) is 30.8 Å². The van der Waals surface area contributed by atoms with Crippen LogP contribution in [0.25, 0.3) is 17.1 Å². The summed E-state index contributed by atoms with van der Waals surface area (Å²) in [5.41, 5.74) is 3.76. The monoisotopic (exact) mass is 484 g/mol. The van der Waals surface area contributed by atoms with Gasteiger partial charge in [0.15, 0.2) is 11.0 Å². The maximum atomic E-state index is 13.0. The summed E-state index contributed by atoms with van der Waals surface area (Å²) in [5.74, 6) is 0.855. The molecule has 0 saturated carbocycles. The van der Waals surface area contributed by atoms with Crippen LogP contribution in [-0.4, -0.2) is 44.5 Å². The zero-order valence-corrected chi connectivity index (χ0v) is 20.3. The summed E-state index contributed by atoms with van der Waals surface area (Å²) in [6, 6.07) is 21.8. The van der Waals surface area contributed by atoms with Crippen LogP contribution in [0.4, 0.5) is 11.4 Å². The van der Waals surface area contributed by atoms with Crippen LogP contribution in [0.2, 0.25) is 0 Å². The fourth-order valence-corrected chi connectivity index (χ4v) is 5.09. The standard InChI is InChI=1S/C27H28N6OS/c34-25(29-23-14-6-7-15-24(23)32-17-8-1-2-9-18-32)20-35-27-31-30-26(21-11-10-16-28-19-21)33(27)22-12-4-3-5-13-22/h3-7,10-16,19H,1-2,8-9,17-18,20H2,(H,29,34). The zero-order valence-electron chi connectivity index (χ0n) is 19.5. The van der Waals surface area contributed by atoms with Crippen molar-refractivity contribution in [3.63, 3.8) is 0 Å². The fourth-order valence-electron chi connectivity index (χ4n) is 4.34. The normalized spacial score (nSPS) is 13.9. The van der Waals surface area contributed by atoms with E-state index in [1.165, 1.54) is 37.4 Å². The molecule has 0 atom stereocenters. The van der Waals surface area contributed by atoms with Gasteiger partial charge in [-0.05, 0) is 49.2 Å². The van der Waals surface area contributed by atoms with Crippen LogP contribution in [0.3, 0.4) is 0 Å². The lowest BCUT2D eigenvalue weighted by atomic mass is 10.2. The molecule has 1 N–H and O–H groups in total. The topological polar surface area (TPSA) is 75.9 Å². The highest BCUT2D eigenvalue weighted by atomic mass is 32.2. The summed E-state index contributed by atoms with van der Waals surface area (Å²) in [6.07, 6.45) is 8.41. The van der Waals surface area contributed by atoms with E-state index < -0.39 is 0 Å². The average Bonchev–Trinajstić information content (AvgIpc) is 3.14. The van der Waals surface area contributed by atoms with E-state index in [1.54, 1.807) is 12.4 Å². The molecule has 0 unspecified atom stereocenters. The number of rotatable bonds is 7. The highest BCUT2D eigenvalue weighted by Crippen LogP contribution is 2.30. The average molecular weight is 485 g/mol. The number of carbonyl (C=O) groups is 1. The first-order chi connectivity index (χ1) is 17.3. The van der Waals surface area contributed by atoms with Crippen molar-refractivity contribution in [1.29, 1.82) is 0 Å². The van der Waals surface area contributed by atoms with E-state index in [0.717, 1.165) is 35.7 Å². The molecule has 1 aliphatic heterocycles. The highest BCUT2D eigenvalue weighted by Gasteiger charge is 2.19. The largest absolute Gasteiger partial charge is 0.370 e. The van der Waals surface area contributed by atoms with Gasteiger partial charge in [0.05, 0.1) is 17.1 Å². The van der Waals surface area contributed by atoms with Crippen LogP contribution in [-0.2, 0) is 4.79 Å². The van der Waals surface area contributed by atoms with Gasteiger partial charge >= 0.3 is 0 Å². The van der Waals surface area contributed by atoms with Gasteiger partial charge < -0.3 is 10.2 Å². The van der Waals surface area contributed by atoms with Crippen molar-refractivity contribution in [3.8, 4) is 17.1 Å². The lowest BCUT2D eigenvalue weighted by molar-refractivity contribution is -0.113. The summed E-state index contributed by atoms with van der Waals surface area (Å²) in [7, 11) is 0. The number of pyridine rings is 1. The van der Waals surface area contributed by atoms with Crippen LogP contribution in [0.5, 0.6) is 0 Å². The number of carbonyl (C=O) groups excluding carboxylic acids is 1. The fraction of sp³-hybridized carbons (Fsp3) is 0.259. The lowest BCUT2D eigenvalue weighted by Crippen LogP contribution is -2.26. The van der Waals surface area contributed by atoms with Crippen molar-refractivity contribution in [3.05, 3.63) is 79.1 Å². The summed E-state index contributed by atoms with van der Waals surface area (Å²) in [5, 5.41) is 12.6. The van der Waals surface area contributed by atoms with E-state index in [-0.39, 0.29) is 11.7 Å². The quantitative estimate of drug-likeness (QED) is 0.352. The molecule has 8 heteroatoms. The van der Waals surface area contributed by atoms with Crippen molar-refractivity contribution in [2.75, 3.05) is 29.1 Å². The third kappa shape index (κ3) is 5.54. The number of amides is 1. The van der Waals surface area contributed by atoms with Gasteiger partial charge in [-0.3, -0.25) is 14.3 Å². The number of anilines is 2. The van der Waals surface area contributed by atoms with Gasteiger partial charge in [0.25, 0.3) is 0 Å². The molecule has 1 fully saturated rings. The molecule has 2 aromatic heterocycles. The number of hydrogen-bond acceptors (Lipinski definition) is 6. The molecule has 1 aliphatic rings. The molecule has 5 rings (SSSR count). The maximum absolute atomic E-state index is 13.0. The number of para-hydroxylation sites is 3. The van der Waals surface area contributed by atoms with Gasteiger partial charge in [0.1, 0.15) is 0 Å². The first kappa shape index (κ1) is 23.1. The highest BCUT2D eigenvalue weighted by molar-refractivity contribution is 7.99. The van der Waals surface area contributed by atoms with E-state index >= 15 is 0 Å². The Bertz CT molecular complexity index is 1250. The SMILES string of the molecule is O=C(CSc1nnc(-c2cccnc2)n1-c1ccccc1)Nc1ccccc1N1CCCCCC1. The van der Waals surface area contributed by atoms with Gasteiger partial charge in [-0.25, -0.2) is 0 Å². The molecule has 0 bridgehead atoms. The van der Waals surface area contributed by atoms with E-state index in [9.17, 15) is 4.79 Å². The van der Waals surface area contributed by atoms with Crippen LogP contribution >= 0.6 is 11.8 Å². The first-order valence-electron chi connectivity index (χ1n) is 12.0. The Balaban J connectivity index is 1.34. The Morgan fingerprint density at radius 3 is 2.43 bits per heavy atom. The van der Waals surface area contributed by atoms with E-state index in [2.05, 4.69) is 31.5 Å². The van der Waals surface area contributed by atoms with Gasteiger partial charge in [-0.1, -0.05) is 54.9 Å². The molecule has 1 saturated heterocycles. The molecule has 3 heterocycles. The molecule has 0 radical (unpaired) electrons. The van der Waals surface area contributed by atoms with E-state index in [0.29, 0.717) is 11.0 Å². The minimum atomic E-state index is -0.0668. The number of aromatic nitrogens is 4. The molecule has 4 aromatic rings. The Hall–Kier alpha value is -3.65. The zero-order chi connectivity index (χ0) is 23.9. The van der Waals surface area contributed by atoms with Gasteiger partial charge in [-0.15, -0.1) is 10.2 Å². The Morgan fingerprint density at radius 1 is 0.886 bits per heavy atom. The predicted molar refractivity (Wildman–Crippen MR) is 141 cm³/mol. The number of nitrogens with one attached hydrogen (secondary N) is 1. The maximum Gasteiger partial charge on any atom is 0.234 e. The summed E-state index contributed by atoms with van der Waals surface area (Å²) >= 11 is 1.37. The van der Waals surface area contributed by atoms with Crippen molar-refractivity contribution >= 4 is 29.0 Å². The van der Waals surface area contributed by atoms with Crippen molar-refractivity contribution < 1.29 is 4.79 Å². The van der Waals surface area contributed by atoms with Crippen LogP contribution < -0.4 is 10.2 Å². The molecular formula is C27H28N6OS. The van der Waals surface area contributed by atoms with Gasteiger partial charge in [-0.2, -0.15) is 0 Å².